The molecule has 1 N–H and O–H groups in total. The number of rotatable bonds is 12. The van der Waals surface area contributed by atoms with Gasteiger partial charge in [-0.15, -0.1) is 11.8 Å². The zero-order valence-electron chi connectivity index (χ0n) is 19.8. The van der Waals surface area contributed by atoms with Gasteiger partial charge in [0.1, 0.15) is 6.04 Å². The average Bonchev–Trinajstić information content (AvgIpc) is 2.86. The standard InChI is InChI=1S/C28H30BrClN2O2S/c1-2-16-31-28(34)26(19-21-7-4-3-5-8-21)32(20-22-9-6-10-23(29)18-22)27(33)15-17-35-25-13-11-24(30)12-14-25/h3-14,18,26H,2,15-17,19-20H2,1H3,(H,31,34)/t26-/m1/s1. The van der Waals surface area contributed by atoms with Crippen molar-refractivity contribution >= 4 is 51.1 Å². The molecule has 0 radical (unpaired) electrons. The van der Waals surface area contributed by atoms with Crippen molar-refractivity contribution in [2.75, 3.05) is 12.3 Å². The van der Waals surface area contributed by atoms with Crippen molar-refractivity contribution in [3.63, 3.8) is 0 Å². The number of hydrogen-bond acceptors (Lipinski definition) is 3. The SMILES string of the molecule is CCCNC(=O)[C@@H](Cc1ccccc1)N(Cc1cccc(Br)c1)C(=O)CCSc1ccc(Cl)cc1. The first-order valence-corrected chi connectivity index (χ1v) is 13.9. The van der Waals surface area contributed by atoms with Crippen molar-refractivity contribution < 1.29 is 9.59 Å². The van der Waals surface area contributed by atoms with E-state index in [1.54, 1.807) is 16.7 Å². The van der Waals surface area contributed by atoms with Crippen molar-refractivity contribution in [2.24, 2.45) is 0 Å². The van der Waals surface area contributed by atoms with Crippen LogP contribution in [0.2, 0.25) is 5.02 Å². The zero-order valence-corrected chi connectivity index (χ0v) is 22.9. The number of halogens is 2. The summed E-state index contributed by atoms with van der Waals surface area (Å²) in [5.41, 5.74) is 1.99. The predicted molar refractivity (Wildman–Crippen MR) is 149 cm³/mol. The summed E-state index contributed by atoms with van der Waals surface area (Å²) >= 11 is 11.1. The Kier molecular flexibility index (Phi) is 11.2. The van der Waals surface area contributed by atoms with Gasteiger partial charge in [-0.05, 0) is 53.9 Å². The monoisotopic (exact) mass is 572 g/mol. The minimum Gasteiger partial charge on any atom is -0.354 e. The molecule has 2 amide bonds. The van der Waals surface area contributed by atoms with Gasteiger partial charge >= 0.3 is 0 Å². The van der Waals surface area contributed by atoms with Gasteiger partial charge in [0.2, 0.25) is 11.8 Å². The summed E-state index contributed by atoms with van der Waals surface area (Å²) in [5.74, 6) is 0.452. The van der Waals surface area contributed by atoms with Crippen LogP contribution in [-0.4, -0.2) is 35.1 Å². The van der Waals surface area contributed by atoms with E-state index in [1.807, 2.05) is 85.8 Å². The molecule has 0 spiro atoms. The maximum Gasteiger partial charge on any atom is 0.243 e. The molecule has 7 heteroatoms. The molecule has 0 aliphatic heterocycles. The fourth-order valence-electron chi connectivity index (χ4n) is 3.68. The number of carbonyl (C=O) groups excluding carboxylic acids is 2. The Bertz CT molecular complexity index is 1100. The quantitative estimate of drug-likeness (QED) is 0.244. The first-order chi connectivity index (χ1) is 17.0. The number of amides is 2. The van der Waals surface area contributed by atoms with Crippen LogP contribution < -0.4 is 5.32 Å². The Balaban J connectivity index is 1.82. The topological polar surface area (TPSA) is 49.4 Å². The lowest BCUT2D eigenvalue weighted by Gasteiger charge is -2.31. The van der Waals surface area contributed by atoms with Gasteiger partial charge in [-0.1, -0.05) is 76.9 Å². The third kappa shape index (κ3) is 9.02. The van der Waals surface area contributed by atoms with Gasteiger partial charge in [-0.3, -0.25) is 9.59 Å². The molecule has 0 aliphatic carbocycles. The molecule has 184 valence electrons. The highest BCUT2D eigenvalue weighted by Crippen LogP contribution is 2.23. The van der Waals surface area contributed by atoms with Crippen LogP contribution in [0.15, 0.2) is 88.2 Å². The van der Waals surface area contributed by atoms with E-state index in [1.165, 1.54) is 0 Å². The maximum atomic E-state index is 13.6. The number of thioether (sulfide) groups is 1. The summed E-state index contributed by atoms with van der Waals surface area (Å²) in [4.78, 5) is 29.7. The van der Waals surface area contributed by atoms with Gasteiger partial charge < -0.3 is 10.2 Å². The maximum absolute atomic E-state index is 13.6. The summed E-state index contributed by atoms with van der Waals surface area (Å²) in [7, 11) is 0. The predicted octanol–water partition coefficient (Wildman–Crippen LogP) is 6.75. The van der Waals surface area contributed by atoms with Crippen LogP contribution in [0.1, 0.15) is 30.9 Å². The summed E-state index contributed by atoms with van der Waals surface area (Å²) < 4.78 is 0.940. The van der Waals surface area contributed by atoms with Crippen molar-refractivity contribution in [1.29, 1.82) is 0 Å². The van der Waals surface area contributed by atoms with E-state index in [0.717, 1.165) is 26.9 Å². The van der Waals surface area contributed by atoms with E-state index in [9.17, 15) is 9.59 Å². The van der Waals surface area contributed by atoms with Gasteiger partial charge in [0.15, 0.2) is 0 Å². The molecule has 0 bridgehead atoms. The van der Waals surface area contributed by atoms with E-state index in [4.69, 9.17) is 11.6 Å². The lowest BCUT2D eigenvalue weighted by Crippen LogP contribution is -2.50. The molecular weight excluding hydrogens is 544 g/mol. The van der Waals surface area contributed by atoms with Crippen LogP contribution in [0.5, 0.6) is 0 Å². The molecule has 0 fully saturated rings. The van der Waals surface area contributed by atoms with Gasteiger partial charge in [0.25, 0.3) is 0 Å². The molecule has 0 aliphatic rings. The fourth-order valence-corrected chi connectivity index (χ4v) is 5.10. The molecule has 0 saturated carbocycles. The second-order valence-corrected chi connectivity index (χ2v) is 10.7. The molecule has 3 rings (SSSR count). The minimum absolute atomic E-state index is 0.0426. The minimum atomic E-state index is -0.601. The number of nitrogens with one attached hydrogen (secondary N) is 1. The molecule has 0 unspecified atom stereocenters. The molecule has 1 atom stereocenters. The van der Waals surface area contributed by atoms with Gasteiger partial charge in [0.05, 0.1) is 0 Å². The number of benzene rings is 3. The lowest BCUT2D eigenvalue weighted by molar-refractivity contribution is -0.141. The molecule has 0 aromatic heterocycles. The van der Waals surface area contributed by atoms with Crippen LogP contribution in [0.25, 0.3) is 0 Å². The van der Waals surface area contributed by atoms with Crippen LogP contribution in [-0.2, 0) is 22.6 Å². The first kappa shape index (κ1) is 27.3. The molecular formula is C28H30BrClN2O2S. The number of carbonyl (C=O) groups is 2. The van der Waals surface area contributed by atoms with Crippen molar-refractivity contribution in [2.45, 2.75) is 43.7 Å². The zero-order chi connectivity index (χ0) is 25.0. The Labute approximate surface area is 225 Å². The van der Waals surface area contributed by atoms with Gasteiger partial charge in [-0.2, -0.15) is 0 Å². The van der Waals surface area contributed by atoms with Crippen molar-refractivity contribution in [3.05, 3.63) is 99.5 Å². The van der Waals surface area contributed by atoms with Crippen LogP contribution in [0.4, 0.5) is 0 Å². The lowest BCUT2D eigenvalue weighted by atomic mass is 10.0. The highest BCUT2D eigenvalue weighted by molar-refractivity contribution is 9.10. The van der Waals surface area contributed by atoms with Gasteiger partial charge in [0, 0.05) is 46.1 Å². The largest absolute Gasteiger partial charge is 0.354 e. The Morgan fingerprint density at radius 2 is 1.71 bits per heavy atom. The van der Waals surface area contributed by atoms with Crippen molar-refractivity contribution in [1.82, 2.24) is 10.2 Å². The second kappa shape index (κ2) is 14.3. The summed E-state index contributed by atoms with van der Waals surface area (Å²) in [6.45, 7) is 2.96. The molecule has 3 aromatic carbocycles. The van der Waals surface area contributed by atoms with Crippen LogP contribution in [0.3, 0.4) is 0 Å². The molecule has 35 heavy (non-hydrogen) atoms. The third-order valence-electron chi connectivity index (χ3n) is 5.46. The van der Waals surface area contributed by atoms with Crippen LogP contribution >= 0.6 is 39.3 Å². The molecule has 4 nitrogen and oxygen atoms in total. The number of hydrogen-bond donors (Lipinski definition) is 1. The van der Waals surface area contributed by atoms with Crippen LogP contribution in [0, 0.1) is 0 Å². The van der Waals surface area contributed by atoms with E-state index in [2.05, 4.69) is 21.2 Å². The van der Waals surface area contributed by atoms with E-state index >= 15 is 0 Å². The highest BCUT2D eigenvalue weighted by Gasteiger charge is 2.30. The Morgan fingerprint density at radius 3 is 2.40 bits per heavy atom. The Morgan fingerprint density at radius 1 is 1.00 bits per heavy atom. The molecule has 0 saturated heterocycles. The second-order valence-electron chi connectivity index (χ2n) is 8.20. The first-order valence-electron chi connectivity index (χ1n) is 11.7. The Hall–Kier alpha value is -2.28. The normalized spacial score (nSPS) is 11.6. The molecule has 0 heterocycles. The smallest absolute Gasteiger partial charge is 0.243 e. The van der Waals surface area contributed by atoms with Gasteiger partial charge in [-0.25, -0.2) is 0 Å². The number of nitrogens with zero attached hydrogens (tertiary/aromatic N) is 1. The highest BCUT2D eigenvalue weighted by atomic mass is 79.9. The van der Waals surface area contributed by atoms with Crippen molar-refractivity contribution in [3.8, 4) is 0 Å². The van der Waals surface area contributed by atoms with E-state index in [0.29, 0.717) is 36.7 Å². The average molecular weight is 574 g/mol. The summed E-state index contributed by atoms with van der Waals surface area (Å²) in [6, 6.07) is 24.7. The van der Waals surface area contributed by atoms with E-state index in [-0.39, 0.29) is 11.8 Å². The third-order valence-corrected chi connectivity index (χ3v) is 7.22. The summed E-state index contributed by atoms with van der Waals surface area (Å²) in [6.07, 6.45) is 1.62. The summed E-state index contributed by atoms with van der Waals surface area (Å²) in [5, 5.41) is 3.70. The molecule has 3 aromatic rings. The fraction of sp³-hybridized carbons (Fsp3) is 0.286. The van der Waals surface area contributed by atoms with E-state index < -0.39 is 6.04 Å².